The Morgan fingerprint density at radius 2 is 1.90 bits per heavy atom. The Kier molecular flexibility index (Phi) is 4.34. The van der Waals surface area contributed by atoms with Crippen molar-refractivity contribution in [3.8, 4) is 0 Å². The van der Waals surface area contributed by atoms with Gasteiger partial charge >= 0.3 is 11.7 Å². The summed E-state index contributed by atoms with van der Waals surface area (Å²) in [6, 6.07) is 6.87. The third-order valence-electron chi connectivity index (χ3n) is 3.16. The summed E-state index contributed by atoms with van der Waals surface area (Å²) < 4.78 is 1.17. The van der Waals surface area contributed by atoms with Gasteiger partial charge in [-0.2, -0.15) is 0 Å². The van der Waals surface area contributed by atoms with Crippen LogP contribution in [-0.2, 0) is 11.3 Å². The number of hydrogen-bond donors (Lipinski definition) is 2. The minimum Gasteiger partial charge on any atom is -0.481 e. The molecule has 1 heterocycles. The summed E-state index contributed by atoms with van der Waals surface area (Å²) in [6.45, 7) is 0.304. The molecule has 2 rings (SSSR count). The van der Waals surface area contributed by atoms with Crippen molar-refractivity contribution in [3.63, 3.8) is 0 Å². The zero-order valence-electron chi connectivity index (χ0n) is 11.0. The summed E-state index contributed by atoms with van der Waals surface area (Å²) in [5.41, 5.74) is -0.195. The second-order valence-corrected chi connectivity index (χ2v) is 4.64. The fourth-order valence-corrected chi connectivity index (χ4v) is 2.12. The van der Waals surface area contributed by atoms with E-state index >= 15 is 0 Å². The molecule has 6 nitrogen and oxygen atoms in total. The number of carbonyl (C=O) groups is 1. The summed E-state index contributed by atoms with van der Waals surface area (Å²) >= 11 is 0. The summed E-state index contributed by atoms with van der Waals surface area (Å²) in [5, 5.41) is 9.01. The lowest BCUT2D eigenvalue weighted by Crippen LogP contribution is -2.35. The maximum Gasteiger partial charge on any atom is 0.328 e. The molecular formula is C14H16N2O4. The number of carboxylic acids is 1. The molecule has 20 heavy (non-hydrogen) atoms. The van der Waals surface area contributed by atoms with Crippen LogP contribution in [0.15, 0.2) is 33.9 Å². The summed E-state index contributed by atoms with van der Waals surface area (Å²) in [7, 11) is 0. The van der Waals surface area contributed by atoms with Crippen molar-refractivity contribution in [1.82, 2.24) is 9.55 Å². The Morgan fingerprint density at radius 1 is 1.15 bits per heavy atom. The van der Waals surface area contributed by atoms with Gasteiger partial charge < -0.3 is 10.1 Å². The van der Waals surface area contributed by atoms with Crippen LogP contribution in [0, 0.1) is 0 Å². The van der Waals surface area contributed by atoms with Crippen LogP contribution in [0.4, 0.5) is 0 Å². The van der Waals surface area contributed by atoms with E-state index in [1.807, 2.05) is 0 Å². The molecule has 0 radical (unpaired) electrons. The molecule has 1 aromatic heterocycles. The van der Waals surface area contributed by atoms with Gasteiger partial charge in [0.05, 0.1) is 10.9 Å². The van der Waals surface area contributed by atoms with E-state index in [4.69, 9.17) is 5.11 Å². The second kappa shape index (κ2) is 6.18. The zero-order valence-corrected chi connectivity index (χ0v) is 11.0. The highest BCUT2D eigenvalue weighted by molar-refractivity contribution is 5.76. The number of aromatic amines is 1. The molecule has 6 heteroatoms. The first-order valence-electron chi connectivity index (χ1n) is 6.53. The molecule has 0 bridgehead atoms. The van der Waals surface area contributed by atoms with Gasteiger partial charge in [-0.25, -0.2) is 4.79 Å². The Balaban J connectivity index is 2.12. The van der Waals surface area contributed by atoms with Gasteiger partial charge in [-0.05, 0) is 25.0 Å². The number of benzene rings is 1. The average molecular weight is 276 g/mol. The molecule has 106 valence electrons. The van der Waals surface area contributed by atoms with Crippen molar-refractivity contribution in [2.45, 2.75) is 32.2 Å². The molecule has 0 amide bonds. The van der Waals surface area contributed by atoms with Crippen molar-refractivity contribution < 1.29 is 9.90 Å². The van der Waals surface area contributed by atoms with Gasteiger partial charge in [-0.1, -0.05) is 18.6 Å². The molecule has 0 aliphatic rings. The quantitative estimate of drug-likeness (QED) is 0.779. The number of rotatable bonds is 6. The van der Waals surface area contributed by atoms with Crippen LogP contribution in [-0.4, -0.2) is 20.6 Å². The van der Waals surface area contributed by atoms with Crippen LogP contribution < -0.4 is 11.2 Å². The van der Waals surface area contributed by atoms with Crippen LogP contribution in [0.3, 0.4) is 0 Å². The minimum atomic E-state index is -0.828. The molecule has 0 saturated carbocycles. The SMILES string of the molecule is O=C(O)CCCCCn1c(=O)[nH]c2ccccc2c1=O. The number of para-hydroxylation sites is 1. The van der Waals surface area contributed by atoms with Crippen molar-refractivity contribution >= 4 is 16.9 Å². The maximum atomic E-state index is 12.2. The van der Waals surface area contributed by atoms with Gasteiger partial charge in [0.25, 0.3) is 5.56 Å². The van der Waals surface area contributed by atoms with Gasteiger partial charge in [-0.3, -0.25) is 14.2 Å². The number of nitrogens with one attached hydrogen (secondary N) is 1. The summed E-state index contributed by atoms with van der Waals surface area (Å²) in [4.78, 5) is 37.1. The monoisotopic (exact) mass is 276 g/mol. The van der Waals surface area contributed by atoms with Crippen molar-refractivity contribution in [3.05, 3.63) is 45.1 Å². The number of nitrogens with zero attached hydrogens (tertiary/aromatic N) is 1. The van der Waals surface area contributed by atoms with E-state index in [9.17, 15) is 14.4 Å². The number of hydrogen-bond acceptors (Lipinski definition) is 3. The van der Waals surface area contributed by atoms with Gasteiger partial charge in [0.2, 0.25) is 0 Å². The number of fused-ring (bicyclic) bond motifs is 1. The highest BCUT2D eigenvalue weighted by Crippen LogP contribution is 2.04. The molecule has 2 N–H and O–H groups in total. The van der Waals surface area contributed by atoms with E-state index in [0.717, 1.165) is 0 Å². The van der Waals surface area contributed by atoms with Crippen molar-refractivity contribution in [1.29, 1.82) is 0 Å². The van der Waals surface area contributed by atoms with Crippen LogP contribution in [0.1, 0.15) is 25.7 Å². The molecule has 0 fully saturated rings. The van der Waals surface area contributed by atoms with Crippen molar-refractivity contribution in [2.75, 3.05) is 0 Å². The van der Waals surface area contributed by atoms with Crippen LogP contribution in [0.2, 0.25) is 0 Å². The first-order valence-corrected chi connectivity index (χ1v) is 6.53. The van der Waals surface area contributed by atoms with E-state index in [-0.39, 0.29) is 12.0 Å². The zero-order chi connectivity index (χ0) is 14.5. The topological polar surface area (TPSA) is 92.2 Å². The Labute approximate surface area is 114 Å². The van der Waals surface area contributed by atoms with Crippen LogP contribution >= 0.6 is 0 Å². The van der Waals surface area contributed by atoms with E-state index < -0.39 is 11.7 Å². The van der Waals surface area contributed by atoms with E-state index in [2.05, 4.69) is 4.98 Å². The van der Waals surface area contributed by atoms with Gasteiger partial charge in [0.1, 0.15) is 0 Å². The Bertz CT molecular complexity index is 730. The second-order valence-electron chi connectivity index (χ2n) is 4.64. The van der Waals surface area contributed by atoms with Gasteiger partial charge in [-0.15, -0.1) is 0 Å². The average Bonchev–Trinajstić information content (AvgIpc) is 2.41. The maximum absolute atomic E-state index is 12.2. The van der Waals surface area contributed by atoms with Gasteiger partial charge in [0, 0.05) is 13.0 Å². The third-order valence-corrected chi connectivity index (χ3v) is 3.16. The van der Waals surface area contributed by atoms with Crippen LogP contribution in [0.5, 0.6) is 0 Å². The predicted molar refractivity (Wildman–Crippen MR) is 74.9 cm³/mol. The third kappa shape index (κ3) is 3.14. The smallest absolute Gasteiger partial charge is 0.328 e. The Hall–Kier alpha value is -2.37. The lowest BCUT2D eigenvalue weighted by atomic mass is 10.2. The molecule has 1 aromatic carbocycles. The molecular weight excluding hydrogens is 260 g/mol. The fourth-order valence-electron chi connectivity index (χ4n) is 2.12. The highest BCUT2D eigenvalue weighted by Gasteiger charge is 2.06. The number of aromatic nitrogens is 2. The lowest BCUT2D eigenvalue weighted by molar-refractivity contribution is -0.137. The summed E-state index contributed by atoms with van der Waals surface area (Å²) in [6.07, 6.45) is 1.94. The van der Waals surface area contributed by atoms with Crippen LogP contribution in [0.25, 0.3) is 10.9 Å². The molecule has 0 aliphatic carbocycles. The fraction of sp³-hybridized carbons (Fsp3) is 0.357. The molecule has 0 spiro atoms. The Morgan fingerprint density at radius 3 is 2.65 bits per heavy atom. The minimum absolute atomic E-state index is 0.114. The normalized spacial score (nSPS) is 10.8. The molecule has 0 atom stereocenters. The largest absolute Gasteiger partial charge is 0.481 e. The highest BCUT2D eigenvalue weighted by atomic mass is 16.4. The van der Waals surface area contributed by atoms with E-state index in [1.54, 1.807) is 24.3 Å². The molecule has 0 aliphatic heterocycles. The van der Waals surface area contributed by atoms with E-state index in [1.165, 1.54) is 4.57 Å². The lowest BCUT2D eigenvalue weighted by Gasteiger charge is -2.05. The predicted octanol–water partition coefficient (Wildman–Crippen LogP) is 1.33. The first-order chi connectivity index (χ1) is 9.59. The number of carboxylic acid groups (broad SMARTS) is 1. The number of unbranched alkanes of at least 4 members (excludes halogenated alkanes) is 2. The van der Waals surface area contributed by atoms with Gasteiger partial charge in [0.15, 0.2) is 0 Å². The summed E-state index contributed by atoms with van der Waals surface area (Å²) in [5.74, 6) is -0.828. The molecule has 0 saturated heterocycles. The first kappa shape index (κ1) is 14.0. The van der Waals surface area contributed by atoms with E-state index in [0.29, 0.717) is 36.7 Å². The molecule has 0 unspecified atom stereocenters. The number of aliphatic carboxylic acids is 1. The van der Waals surface area contributed by atoms with Crippen molar-refractivity contribution in [2.24, 2.45) is 0 Å². The standard InChI is InChI=1S/C14H16N2O4/c17-12(18)8-2-1-5-9-16-13(19)10-6-3-4-7-11(10)15-14(16)20/h3-4,6-7H,1-2,5,8-9H2,(H,15,20)(H,17,18). The molecule has 2 aromatic rings. The number of H-pyrrole nitrogens is 1.